The van der Waals surface area contributed by atoms with Gasteiger partial charge in [-0.1, -0.05) is 53.8 Å². The molecule has 1 atom stereocenters. The van der Waals surface area contributed by atoms with Gasteiger partial charge in [-0.15, -0.1) is 11.8 Å². The number of ether oxygens (including phenoxy) is 2. The van der Waals surface area contributed by atoms with E-state index in [2.05, 4.69) is 4.99 Å². The molecule has 0 saturated carbocycles. The van der Waals surface area contributed by atoms with Gasteiger partial charge in [0.05, 0.1) is 29.5 Å². The van der Waals surface area contributed by atoms with Crippen molar-refractivity contribution in [1.29, 1.82) is 0 Å². The summed E-state index contributed by atoms with van der Waals surface area (Å²) < 4.78 is 13.4. The van der Waals surface area contributed by atoms with Crippen molar-refractivity contribution < 1.29 is 14.3 Å². The lowest BCUT2D eigenvalue weighted by Crippen LogP contribution is -2.40. The second-order valence-corrected chi connectivity index (χ2v) is 10.4. The van der Waals surface area contributed by atoms with Gasteiger partial charge in [0.15, 0.2) is 4.80 Å². The zero-order valence-electron chi connectivity index (χ0n) is 21.0. The molecular formula is C29H26N2O4S2. The topological polar surface area (TPSA) is 69.9 Å². The van der Waals surface area contributed by atoms with E-state index in [1.165, 1.54) is 11.3 Å². The molecule has 0 amide bonds. The van der Waals surface area contributed by atoms with Crippen LogP contribution in [0.2, 0.25) is 0 Å². The molecule has 1 aromatic heterocycles. The molecule has 0 bridgehead atoms. The summed E-state index contributed by atoms with van der Waals surface area (Å²) in [5.74, 6) is 0.0908. The van der Waals surface area contributed by atoms with Crippen LogP contribution in [0.1, 0.15) is 31.0 Å². The number of fused-ring (bicyclic) bond motifs is 2. The van der Waals surface area contributed by atoms with E-state index in [1.54, 1.807) is 37.3 Å². The Morgan fingerprint density at radius 1 is 1.14 bits per heavy atom. The number of aromatic nitrogens is 1. The highest BCUT2D eigenvalue weighted by atomic mass is 32.2. The van der Waals surface area contributed by atoms with Crippen molar-refractivity contribution in [2.24, 2.45) is 4.99 Å². The lowest BCUT2D eigenvalue weighted by atomic mass is 9.90. The Labute approximate surface area is 222 Å². The summed E-state index contributed by atoms with van der Waals surface area (Å²) in [6, 6.07) is 19.0. The fourth-order valence-electron chi connectivity index (χ4n) is 4.65. The van der Waals surface area contributed by atoms with Crippen LogP contribution < -0.4 is 19.6 Å². The Balaban J connectivity index is 1.82. The molecule has 0 aliphatic carbocycles. The number of esters is 1. The minimum absolute atomic E-state index is 0.214. The van der Waals surface area contributed by atoms with E-state index in [0.717, 1.165) is 26.8 Å². The standard InChI is InChI=1S/C29H26N2O4S2/c1-5-35-28(33)24-17(2)30-29-31(27(32)23(37-29)16-18-10-13-20(36-4)14-11-18)26(24)25-21-9-7-6-8-19(21)12-15-22(25)34-3/h6-16,26H,5H2,1-4H3/b23-16-. The molecule has 0 N–H and O–H groups in total. The van der Waals surface area contributed by atoms with Gasteiger partial charge in [0, 0.05) is 10.5 Å². The molecule has 37 heavy (non-hydrogen) atoms. The molecule has 3 aromatic carbocycles. The lowest BCUT2D eigenvalue weighted by Gasteiger charge is -2.27. The molecular weight excluding hydrogens is 504 g/mol. The van der Waals surface area contributed by atoms with E-state index < -0.39 is 12.0 Å². The SMILES string of the molecule is CCOC(=O)C1=C(C)N=c2s/c(=C\c3ccc(SC)cc3)c(=O)n2C1c1c(OC)ccc2ccccc12. The van der Waals surface area contributed by atoms with Crippen LogP contribution in [0, 0.1) is 0 Å². The summed E-state index contributed by atoms with van der Waals surface area (Å²) in [5.41, 5.74) is 2.29. The normalized spacial score (nSPS) is 15.5. The Morgan fingerprint density at radius 2 is 1.89 bits per heavy atom. The molecule has 1 unspecified atom stereocenters. The van der Waals surface area contributed by atoms with Gasteiger partial charge < -0.3 is 9.47 Å². The van der Waals surface area contributed by atoms with Crippen molar-refractivity contribution in [2.75, 3.05) is 20.0 Å². The molecule has 0 saturated heterocycles. The Morgan fingerprint density at radius 3 is 2.59 bits per heavy atom. The summed E-state index contributed by atoms with van der Waals surface area (Å²) in [7, 11) is 1.59. The molecule has 1 aliphatic rings. The molecule has 1 aliphatic heterocycles. The summed E-state index contributed by atoms with van der Waals surface area (Å²) in [5, 5.41) is 1.87. The van der Waals surface area contributed by atoms with Crippen LogP contribution in [0.25, 0.3) is 16.8 Å². The number of hydrogen-bond acceptors (Lipinski definition) is 7. The quantitative estimate of drug-likeness (QED) is 0.267. The molecule has 5 rings (SSSR count). The largest absolute Gasteiger partial charge is 0.496 e. The maximum absolute atomic E-state index is 14.0. The van der Waals surface area contributed by atoms with Crippen molar-refractivity contribution in [1.82, 2.24) is 4.57 Å². The number of thiazole rings is 1. The van der Waals surface area contributed by atoms with Gasteiger partial charge in [0.2, 0.25) is 0 Å². The number of allylic oxidation sites excluding steroid dienone is 1. The number of thioether (sulfide) groups is 1. The van der Waals surface area contributed by atoms with Gasteiger partial charge in [0.1, 0.15) is 11.8 Å². The molecule has 0 radical (unpaired) electrons. The third-order valence-corrected chi connectivity index (χ3v) is 8.08. The maximum atomic E-state index is 14.0. The van der Waals surface area contributed by atoms with Gasteiger partial charge >= 0.3 is 5.97 Å². The smallest absolute Gasteiger partial charge is 0.338 e. The lowest BCUT2D eigenvalue weighted by molar-refractivity contribution is -0.139. The van der Waals surface area contributed by atoms with Gasteiger partial charge in [-0.25, -0.2) is 9.79 Å². The van der Waals surface area contributed by atoms with Crippen molar-refractivity contribution in [3.63, 3.8) is 0 Å². The van der Waals surface area contributed by atoms with Crippen molar-refractivity contribution in [3.8, 4) is 5.75 Å². The predicted molar refractivity (Wildman–Crippen MR) is 149 cm³/mol. The maximum Gasteiger partial charge on any atom is 0.338 e. The van der Waals surface area contributed by atoms with E-state index in [-0.39, 0.29) is 12.2 Å². The monoisotopic (exact) mass is 530 g/mol. The van der Waals surface area contributed by atoms with Crippen LogP contribution in [0.3, 0.4) is 0 Å². The van der Waals surface area contributed by atoms with Crippen molar-refractivity contribution in [2.45, 2.75) is 24.8 Å². The van der Waals surface area contributed by atoms with Gasteiger partial charge in [-0.3, -0.25) is 9.36 Å². The fraction of sp³-hybridized carbons (Fsp3) is 0.207. The zero-order valence-corrected chi connectivity index (χ0v) is 22.6. The second-order valence-electron chi connectivity index (χ2n) is 8.48. The highest BCUT2D eigenvalue weighted by Gasteiger charge is 2.36. The summed E-state index contributed by atoms with van der Waals surface area (Å²) >= 11 is 2.98. The van der Waals surface area contributed by atoms with Crippen LogP contribution in [0.15, 0.2) is 86.6 Å². The summed E-state index contributed by atoms with van der Waals surface area (Å²) in [6.45, 7) is 3.76. The number of methoxy groups -OCH3 is 1. The number of carbonyl (C=O) groups is 1. The first-order chi connectivity index (χ1) is 18.0. The van der Waals surface area contributed by atoms with Crippen LogP contribution in [0.4, 0.5) is 0 Å². The van der Waals surface area contributed by atoms with Gasteiger partial charge in [0.25, 0.3) is 5.56 Å². The molecule has 8 heteroatoms. The van der Waals surface area contributed by atoms with Crippen LogP contribution in [0.5, 0.6) is 5.75 Å². The number of carbonyl (C=O) groups excluding carboxylic acids is 1. The van der Waals surface area contributed by atoms with Crippen LogP contribution in [-0.4, -0.2) is 30.5 Å². The average Bonchev–Trinajstić information content (AvgIpc) is 3.21. The first-order valence-electron chi connectivity index (χ1n) is 11.9. The zero-order chi connectivity index (χ0) is 26.1. The van der Waals surface area contributed by atoms with E-state index in [0.29, 0.717) is 26.4 Å². The first-order valence-corrected chi connectivity index (χ1v) is 13.9. The van der Waals surface area contributed by atoms with Crippen LogP contribution >= 0.6 is 23.1 Å². The molecule has 0 spiro atoms. The minimum Gasteiger partial charge on any atom is -0.496 e. The fourth-order valence-corrected chi connectivity index (χ4v) is 6.11. The molecule has 4 aromatic rings. The minimum atomic E-state index is -0.752. The van der Waals surface area contributed by atoms with E-state index >= 15 is 0 Å². The Kier molecular flexibility index (Phi) is 7.04. The number of nitrogens with zero attached hydrogens (tertiary/aromatic N) is 2. The van der Waals surface area contributed by atoms with E-state index in [4.69, 9.17) is 9.47 Å². The highest BCUT2D eigenvalue weighted by molar-refractivity contribution is 7.98. The Bertz CT molecular complexity index is 1720. The highest BCUT2D eigenvalue weighted by Crippen LogP contribution is 2.40. The molecule has 0 fully saturated rings. The third-order valence-electron chi connectivity index (χ3n) is 6.35. The number of benzene rings is 3. The van der Waals surface area contributed by atoms with E-state index in [9.17, 15) is 9.59 Å². The van der Waals surface area contributed by atoms with Crippen LogP contribution in [-0.2, 0) is 9.53 Å². The second kappa shape index (κ2) is 10.4. The summed E-state index contributed by atoms with van der Waals surface area (Å²) in [4.78, 5) is 33.6. The molecule has 6 nitrogen and oxygen atoms in total. The van der Waals surface area contributed by atoms with Crippen molar-refractivity contribution >= 4 is 45.9 Å². The third kappa shape index (κ3) is 4.51. The number of rotatable bonds is 6. The van der Waals surface area contributed by atoms with Gasteiger partial charge in [-0.2, -0.15) is 0 Å². The number of hydrogen-bond donors (Lipinski definition) is 0. The molecule has 188 valence electrons. The van der Waals surface area contributed by atoms with Gasteiger partial charge in [-0.05, 0) is 60.7 Å². The molecule has 2 heterocycles. The first kappa shape index (κ1) is 25.0. The van der Waals surface area contributed by atoms with E-state index in [1.807, 2.05) is 73.0 Å². The summed E-state index contributed by atoms with van der Waals surface area (Å²) in [6.07, 6.45) is 3.90. The predicted octanol–water partition coefficient (Wildman–Crippen LogP) is 4.68. The average molecular weight is 531 g/mol. The van der Waals surface area contributed by atoms with Crippen molar-refractivity contribution in [3.05, 3.63) is 103 Å². The Hall–Kier alpha value is -3.62.